The van der Waals surface area contributed by atoms with E-state index in [9.17, 15) is 9.59 Å². The van der Waals surface area contributed by atoms with Gasteiger partial charge < -0.3 is 20.9 Å². The van der Waals surface area contributed by atoms with E-state index in [2.05, 4.69) is 10.1 Å². The van der Waals surface area contributed by atoms with Gasteiger partial charge in [-0.05, 0) is 6.92 Å². The van der Waals surface area contributed by atoms with Crippen LogP contribution in [-0.2, 0) is 14.3 Å². The maximum atomic E-state index is 10.9. The van der Waals surface area contributed by atoms with Crippen molar-refractivity contribution < 1.29 is 19.4 Å². The number of hydrogen-bond donors (Lipinski definition) is 3. The average molecular weight is 190 g/mol. The second-order valence-electron chi connectivity index (χ2n) is 2.57. The Morgan fingerprint density at radius 3 is 2.54 bits per heavy atom. The van der Waals surface area contributed by atoms with Crippen LogP contribution in [0.3, 0.4) is 0 Å². The highest BCUT2D eigenvalue weighted by Gasteiger charge is 2.16. The summed E-state index contributed by atoms with van der Waals surface area (Å²) >= 11 is 0. The molecule has 0 spiro atoms. The van der Waals surface area contributed by atoms with Crippen LogP contribution in [0.2, 0.25) is 0 Å². The summed E-state index contributed by atoms with van der Waals surface area (Å²) < 4.78 is 4.23. The predicted octanol–water partition coefficient (Wildman–Crippen LogP) is -2.02. The van der Waals surface area contributed by atoms with Gasteiger partial charge >= 0.3 is 5.97 Å². The molecular weight excluding hydrogens is 176 g/mol. The van der Waals surface area contributed by atoms with Crippen molar-refractivity contribution >= 4 is 11.9 Å². The molecule has 1 unspecified atom stereocenters. The first-order valence-corrected chi connectivity index (χ1v) is 3.78. The summed E-state index contributed by atoms with van der Waals surface area (Å²) in [6, 6.07) is -0.662. The van der Waals surface area contributed by atoms with Crippen molar-refractivity contribution in [2.75, 3.05) is 13.7 Å². The Morgan fingerprint density at radius 1 is 1.62 bits per heavy atom. The SMILES string of the molecule is COC(=O)C(O)CNC(=O)[C@H](C)N. The summed E-state index contributed by atoms with van der Waals surface area (Å²) in [5.74, 6) is -1.21. The zero-order chi connectivity index (χ0) is 10.4. The van der Waals surface area contributed by atoms with Gasteiger partial charge in [0.15, 0.2) is 6.10 Å². The molecule has 0 radical (unpaired) electrons. The lowest BCUT2D eigenvalue weighted by molar-refractivity contribution is -0.150. The molecule has 0 aliphatic heterocycles. The molecule has 0 heterocycles. The standard InChI is InChI=1S/C7H14N2O4/c1-4(8)6(11)9-3-5(10)7(12)13-2/h4-5,10H,3,8H2,1-2H3,(H,9,11)/t4-,5?/m0/s1. The molecule has 0 rings (SSSR count). The smallest absolute Gasteiger partial charge is 0.336 e. The van der Waals surface area contributed by atoms with Gasteiger partial charge in [-0.3, -0.25) is 4.79 Å². The highest BCUT2D eigenvalue weighted by atomic mass is 16.5. The Morgan fingerprint density at radius 2 is 2.15 bits per heavy atom. The molecule has 0 aromatic rings. The number of hydrogen-bond acceptors (Lipinski definition) is 5. The number of carbonyl (C=O) groups excluding carboxylic acids is 2. The number of aliphatic hydroxyl groups is 1. The summed E-state index contributed by atoms with van der Waals surface area (Å²) in [7, 11) is 1.15. The first-order chi connectivity index (χ1) is 5.99. The van der Waals surface area contributed by atoms with Crippen LogP contribution in [0.5, 0.6) is 0 Å². The molecule has 2 atom stereocenters. The fourth-order valence-corrected chi connectivity index (χ4v) is 0.578. The normalized spacial score (nSPS) is 14.5. The molecule has 0 saturated heterocycles. The van der Waals surface area contributed by atoms with Crippen molar-refractivity contribution in [3.8, 4) is 0 Å². The molecule has 0 aliphatic carbocycles. The number of amides is 1. The molecule has 76 valence electrons. The van der Waals surface area contributed by atoms with E-state index >= 15 is 0 Å². The summed E-state index contributed by atoms with van der Waals surface area (Å²) in [5, 5.41) is 11.3. The molecular formula is C7H14N2O4. The first kappa shape index (κ1) is 11.9. The Hall–Kier alpha value is -1.14. The fourth-order valence-electron chi connectivity index (χ4n) is 0.578. The molecule has 0 saturated carbocycles. The summed E-state index contributed by atoms with van der Waals surface area (Å²) in [6.07, 6.45) is -1.34. The third-order valence-electron chi connectivity index (χ3n) is 1.36. The minimum Gasteiger partial charge on any atom is -0.467 e. The van der Waals surface area contributed by atoms with Gasteiger partial charge in [-0.1, -0.05) is 0 Å². The van der Waals surface area contributed by atoms with Crippen LogP contribution >= 0.6 is 0 Å². The zero-order valence-corrected chi connectivity index (χ0v) is 7.61. The Bertz CT molecular complexity index is 193. The van der Waals surface area contributed by atoms with Gasteiger partial charge in [0.1, 0.15) is 0 Å². The van der Waals surface area contributed by atoms with E-state index in [1.807, 2.05) is 0 Å². The lowest BCUT2D eigenvalue weighted by Gasteiger charge is -2.10. The number of rotatable bonds is 4. The van der Waals surface area contributed by atoms with Crippen LogP contribution in [0, 0.1) is 0 Å². The fraction of sp³-hybridized carbons (Fsp3) is 0.714. The molecule has 6 heteroatoms. The molecule has 6 nitrogen and oxygen atoms in total. The highest BCUT2D eigenvalue weighted by molar-refractivity contribution is 5.82. The average Bonchev–Trinajstić information content (AvgIpc) is 2.11. The summed E-state index contributed by atoms with van der Waals surface area (Å²) in [5.41, 5.74) is 5.22. The predicted molar refractivity (Wildman–Crippen MR) is 44.7 cm³/mol. The molecule has 13 heavy (non-hydrogen) atoms. The first-order valence-electron chi connectivity index (χ1n) is 3.78. The van der Waals surface area contributed by atoms with Gasteiger partial charge in [0, 0.05) is 0 Å². The second kappa shape index (κ2) is 5.50. The quantitative estimate of drug-likeness (QED) is 0.444. The van der Waals surface area contributed by atoms with E-state index in [0.717, 1.165) is 7.11 Å². The van der Waals surface area contributed by atoms with Crippen LogP contribution in [0.1, 0.15) is 6.92 Å². The topological polar surface area (TPSA) is 102 Å². The Labute approximate surface area is 76.0 Å². The summed E-state index contributed by atoms with van der Waals surface area (Å²) in [4.78, 5) is 21.5. The number of methoxy groups -OCH3 is 1. The Balaban J connectivity index is 3.76. The van der Waals surface area contributed by atoms with Gasteiger partial charge in [-0.15, -0.1) is 0 Å². The van der Waals surface area contributed by atoms with Crippen molar-refractivity contribution in [3.05, 3.63) is 0 Å². The van der Waals surface area contributed by atoms with Crippen LogP contribution < -0.4 is 11.1 Å². The van der Waals surface area contributed by atoms with Gasteiger partial charge in [-0.25, -0.2) is 4.79 Å². The minimum atomic E-state index is -1.34. The van der Waals surface area contributed by atoms with Crippen LogP contribution in [0.4, 0.5) is 0 Å². The number of aliphatic hydroxyl groups excluding tert-OH is 1. The molecule has 0 aromatic heterocycles. The van der Waals surface area contributed by atoms with Crippen molar-refractivity contribution in [3.63, 3.8) is 0 Å². The largest absolute Gasteiger partial charge is 0.467 e. The lowest BCUT2D eigenvalue weighted by atomic mass is 10.3. The van der Waals surface area contributed by atoms with E-state index in [0.29, 0.717) is 0 Å². The van der Waals surface area contributed by atoms with E-state index < -0.39 is 24.0 Å². The van der Waals surface area contributed by atoms with Crippen molar-refractivity contribution in [1.29, 1.82) is 0 Å². The van der Waals surface area contributed by atoms with Gasteiger partial charge in [0.2, 0.25) is 5.91 Å². The molecule has 0 aliphatic rings. The Kier molecular flexibility index (Phi) is 5.01. The molecule has 0 bridgehead atoms. The van der Waals surface area contributed by atoms with Crippen LogP contribution in [0.25, 0.3) is 0 Å². The van der Waals surface area contributed by atoms with Gasteiger partial charge in [-0.2, -0.15) is 0 Å². The van der Waals surface area contributed by atoms with Gasteiger partial charge in [0.05, 0.1) is 19.7 Å². The zero-order valence-electron chi connectivity index (χ0n) is 7.61. The van der Waals surface area contributed by atoms with Crippen molar-refractivity contribution in [2.24, 2.45) is 5.73 Å². The van der Waals surface area contributed by atoms with Crippen molar-refractivity contribution in [2.45, 2.75) is 19.1 Å². The van der Waals surface area contributed by atoms with E-state index in [-0.39, 0.29) is 6.54 Å². The maximum absolute atomic E-state index is 10.9. The van der Waals surface area contributed by atoms with Gasteiger partial charge in [0.25, 0.3) is 0 Å². The highest BCUT2D eigenvalue weighted by Crippen LogP contribution is 1.85. The number of carbonyl (C=O) groups is 2. The molecule has 0 aromatic carbocycles. The monoisotopic (exact) mass is 190 g/mol. The van der Waals surface area contributed by atoms with E-state index in [1.54, 1.807) is 0 Å². The maximum Gasteiger partial charge on any atom is 0.336 e. The lowest BCUT2D eigenvalue weighted by Crippen LogP contribution is -2.43. The van der Waals surface area contributed by atoms with Crippen LogP contribution in [0.15, 0.2) is 0 Å². The third kappa shape index (κ3) is 4.44. The number of nitrogens with two attached hydrogens (primary N) is 1. The van der Waals surface area contributed by atoms with Crippen LogP contribution in [-0.4, -0.2) is 42.8 Å². The number of esters is 1. The van der Waals surface area contributed by atoms with Crippen molar-refractivity contribution in [1.82, 2.24) is 5.32 Å². The number of ether oxygens (including phenoxy) is 1. The molecule has 1 amide bonds. The number of nitrogens with one attached hydrogen (secondary N) is 1. The second-order valence-corrected chi connectivity index (χ2v) is 2.57. The summed E-state index contributed by atoms with van der Waals surface area (Å²) in [6.45, 7) is 1.31. The minimum absolute atomic E-state index is 0.187. The molecule has 4 N–H and O–H groups in total. The molecule has 0 fully saturated rings. The van der Waals surface area contributed by atoms with E-state index in [1.165, 1.54) is 6.92 Å². The van der Waals surface area contributed by atoms with E-state index in [4.69, 9.17) is 10.8 Å². The third-order valence-corrected chi connectivity index (χ3v) is 1.36.